The molecule has 0 aromatic carbocycles. The van der Waals surface area contributed by atoms with E-state index < -0.39 is 5.41 Å². The van der Waals surface area contributed by atoms with Gasteiger partial charge in [0.15, 0.2) is 5.82 Å². The second-order valence-electron chi connectivity index (χ2n) is 7.95. The van der Waals surface area contributed by atoms with E-state index in [1.54, 1.807) is 19.2 Å². The number of fused-ring (bicyclic) bond motifs is 1. The Labute approximate surface area is 156 Å². The molecule has 2 N–H and O–H groups in total. The molecule has 0 spiro atoms. The zero-order chi connectivity index (χ0) is 19.2. The lowest BCUT2D eigenvalue weighted by Gasteiger charge is -2.26. The van der Waals surface area contributed by atoms with E-state index in [2.05, 4.69) is 25.7 Å². The van der Waals surface area contributed by atoms with Gasteiger partial charge in [0.2, 0.25) is 11.8 Å². The number of H-pyrrole nitrogens is 1. The van der Waals surface area contributed by atoms with Crippen molar-refractivity contribution in [2.45, 2.75) is 45.1 Å². The van der Waals surface area contributed by atoms with E-state index in [-0.39, 0.29) is 29.7 Å². The second-order valence-corrected chi connectivity index (χ2v) is 7.95. The predicted octanol–water partition coefficient (Wildman–Crippen LogP) is 1.05. The minimum Gasteiger partial charge on any atom is -0.348 e. The molecule has 1 aliphatic heterocycles. The van der Waals surface area contributed by atoms with Crippen molar-refractivity contribution >= 4 is 11.8 Å². The average molecular weight is 372 g/mol. The minimum absolute atomic E-state index is 0.0192. The first-order chi connectivity index (χ1) is 12.9. The summed E-state index contributed by atoms with van der Waals surface area (Å²) in [6.45, 7) is 6.81. The Morgan fingerprint density at radius 3 is 2.89 bits per heavy atom. The fourth-order valence-electron chi connectivity index (χ4n) is 4.49. The van der Waals surface area contributed by atoms with Gasteiger partial charge in [-0.1, -0.05) is 19.0 Å². The molecule has 3 atom stereocenters. The minimum atomic E-state index is -0.405. The molecular weight excluding hydrogens is 348 g/mol. The molecule has 9 nitrogen and oxygen atoms in total. The number of carbonyl (C=O) groups is 2. The molecule has 2 aliphatic rings. The highest BCUT2D eigenvalue weighted by Crippen LogP contribution is 2.50. The highest BCUT2D eigenvalue weighted by atomic mass is 16.5. The first-order valence-electron chi connectivity index (χ1n) is 9.29. The van der Waals surface area contributed by atoms with Gasteiger partial charge in [-0.15, -0.1) is 0 Å². The third-order valence-corrected chi connectivity index (χ3v) is 5.71. The summed E-state index contributed by atoms with van der Waals surface area (Å²) in [7, 11) is 0. The maximum Gasteiger partial charge on any atom is 0.269 e. The van der Waals surface area contributed by atoms with Gasteiger partial charge in [0.25, 0.3) is 5.91 Å². The van der Waals surface area contributed by atoms with E-state index in [9.17, 15) is 9.59 Å². The van der Waals surface area contributed by atoms with Crippen molar-refractivity contribution in [3.63, 3.8) is 0 Å². The summed E-state index contributed by atoms with van der Waals surface area (Å²) in [5.74, 6) is 1.23. The Morgan fingerprint density at radius 2 is 2.26 bits per heavy atom. The van der Waals surface area contributed by atoms with Crippen molar-refractivity contribution < 1.29 is 14.1 Å². The quantitative estimate of drug-likeness (QED) is 0.828. The molecule has 3 heterocycles. The molecule has 0 bridgehead atoms. The van der Waals surface area contributed by atoms with Crippen molar-refractivity contribution in [3.8, 4) is 0 Å². The van der Waals surface area contributed by atoms with Gasteiger partial charge in [-0.2, -0.15) is 10.1 Å². The largest absolute Gasteiger partial charge is 0.348 e. The molecule has 2 fully saturated rings. The molecule has 27 heavy (non-hydrogen) atoms. The van der Waals surface area contributed by atoms with E-state index in [1.165, 1.54) is 0 Å². The highest BCUT2D eigenvalue weighted by Gasteiger charge is 2.58. The van der Waals surface area contributed by atoms with E-state index in [4.69, 9.17) is 4.52 Å². The van der Waals surface area contributed by atoms with Crippen LogP contribution in [0.1, 0.15) is 48.9 Å². The standard InChI is InChI=1S/C18H24N6O3/c1-10(2)16(26)24-8-12-6-13(21-15(25)14-4-5-19-22-14)7-18(12,9-24)17-20-11(3)23-27-17/h4-5,10,12-13H,6-9H2,1-3H3,(H,19,22)(H,21,25)/t12?,13-,18+/m1/s1. The van der Waals surface area contributed by atoms with Crippen molar-refractivity contribution in [1.82, 2.24) is 30.6 Å². The number of nitrogens with zero attached hydrogens (tertiary/aromatic N) is 4. The molecular formula is C18H24N6O3. The first-order valence-corrected chi connectivity index (χ1v) is 9.29. The van der Waals surface area contributed by atoms with Gasteiger partial charge >= 0.3 is 0 Å². The van der Waals surface area contributed by atoms with E-state index in [0.717, 1.165) is 6.42 Å². The Bertz CT molecular complexity index is 845. The van der Waals surface area contributed by atoms with Gasteiger partial charge in [0.05, 0.1) is 5.41 Å². The van der Waals surface area contributed by atoms with E-state index in [0.29, 0.717) is 36.9 Å². The van der Waals surface area contributed by atoms with Crippen LogP contribution in [0.2, 0.25) is 0 Å². The van der Waals surface area contributed by atoms with Crippen LogP contribution in [0.4, 0.5) is 0 Å². The number of rotatable bonds is 4. The molecule has 0 radical (unpaired) electrons. The van der Waals surface area contributed by atoms with Crippen LogP contribution in [0.3, 0.4) is 0 Å². The highest BCUT2D eigenvalue weighted by molar-refractivity contribution is 5.92. The number of hydrogen-bond acceptors (Lipinski definition) is 6. The molecule has 9 heteroatoms. The van der Waals surface area contributed by atoms with Crippen molar-refractivity contribution in [3.05, 3.63) is 29.7 Å². The van der Waals surface area contributed by atoms with Crippen LogP contribution in [0.5, 0.6) is 0 Å². The van der Waals surface area contributed by atoms with E-state index >= 15 is 0 Å². The zero-order valence-corrected chi connectivity index (χ0v) is 15.7. The SMILES string of the molecule is Cc1noc([C@]23C[C@H](NC(=O)c4ccn[nH]4)CC2CN(C(=O)C(C)C)C3)n1. The Hall–Kier alpha value is -2.71. The number of aromatic amines is 1. The molecule has 1 unspecified atom stereocenters. The summed E-state index contributed by atoms with van der Waals surface area (Å²) in [6, 6.07) is 1.62. The van der Waals surface area contributed by atoms with Crippen LogP contribution in [0, 0.1) is 18.8 Å². The fourth-order valence-corrected chi connectivity index (χ4v) is 4.49. The third kappa shape index (κ3) is 3.00. The van der Waals surface area contributed by atoms with Gasteiger partial charge in [0.1, 0.15) is 5.69 Å². The molecule has 2 amide bonds. The molecule has 1 aliphatic carbocycles. The molecule has 4 rings (SSSR count). The summed E-state index contributed by atoms with van der Waals surface area (Å²) in [4.78, 5) is 31.3. The van der Waals surface area contributed by atoms with Crippen LogP contribution in [-0.2, 0) is 10.2 Å². The number of nitrogens with one attached hydrogen (secondary N) is 2. The van der Waals surface area contributed by atoms with Gasteiger partial charge in [-0.3, -0.25) is 14.7 Å². The third-order valence-electron chi connectivity index (χ3n) is 5.71. The van der Waals surface area contributed by atoms with Crippen molar-refractivity contribution in [1.29, 1.82) is 0 Å². The first kappa shape index (κ1) is 17.7. The number of amides is 2. The number of hydrogen-bond donors (Lipinski definition) is 2. The summed E-state index contributed by atoms with van der Waals surface area (Å²) in [5.41, 5.74) is 0.0314. The predicted molar refractivity (Wildman–Crippen MR) is 94.7 cm³/mol. The smallest absolute Gasteiger partial charge is 0.269 e. The lowest BCUT2D eigenvalue weighted by Crippen LogP contribution is -2.40. The maximum absolute atomic E-state index is 12.5. The summed E-state index contributed by atoms with van der Waals surface area (Å²) in [6.07, 6.45) is 2.99. The average Bonchev–Trinajstić information content (AvgIpc) is 3.36. The van der Waals surface area contributed by atoms with Gasteiger partial charge in [-0.05, 0) is 31.7 Å². The Morgan fingerprint density at radius 1 is 1.44 bits per heavy atom. The molecule has 144 valence electrons. The fraction of sp³-hybridized carbons (Fsp3) is 0.611. The zero-order valence-electron chi connectivity index (χ0n) is 15.7. The number of aryl methyl sites for hydroxylation is 1. The number of aromatic nitrogens is 4. The topological polar surface area (TPSA) is 117 Å². The molecule has 1 saturated carbocycles. The van der Waals surface area contributed by atoms with Crippen LogP contribution in [-0.4, -0.2) is 56.2 Å². The van der Waals surface area contributed by atoms with Gasteiger partial charge in [-0.25, -0.2) is 0 Å². The number of carbonyl (C=O) groups excluding carboxylic acids is 2. The van der Waals surface area contributed by atoms with Gasteiger partial charge in [0, 0.05) is 31.2 Å². The van der Waals surface area contributed by atoms with Gasteiger partial charge < -0.3 is 14.7 Å². The van der Waals surface area contributed by atoms with Crippen LogP contribution >= 0.6 is 0 Å². The normalized spacial score (nSPS) is 27.2. The molecule has 2 aromatic rings. The van der Waals surface area contributed by atoms with Crippen molar-refractivity contribution in [2.75, 3.05) is 13.1 Å². The van der Waals surface area contributed by atoms with Crippen molar-refractivity contribution in [2.24, 2.45) is 11.8 Å². The molecule has 2 aromatic heterocycles. The Kier molecular flexibility index (Phi) is 4.24. The Balaban J connectivity index is 1.57. The van der Waals surface area contributed by atoms with Crippen LogP contribution < -0.4 is 5.32 Å². The van der Waals surface area contributed by atoms with Crippen LogP contribution in [0.25, 0.3) is 0 Å². The summed E-state index contributed by atoms with van der Waals surface area (Å²) in [5, 5.41) is 13.5. The lowest BCUT2D eigenvalue weighted by molar-refractivity contribution is -0.133. The summed E-state index contributed by atoms with van der Waals surface area (Å²) < 4.78 is 5.54. The number of likely N-dealkylation sites (tertiary alicyclic amines) is 1. The lowest BCUT2D eigenvalue weighted by atomic mass is 9.80. The molecule has 1 saturated heterocycles. The van der Waals surface area contributed by atoms with E-state index in [1.807, 2.05) is 18.7 Å². The van der Waals surface area contributed by atoms with Crippen LogP contribution in [0.15, 0.2) is 16.8 Å². The summed E-state index contributed by atoms with van der Waals surface area (Å²) >= 11 is 0. The monoisotopic (exact) mass is 372 g/mol. The second kappa shape index (κ2) is 6.47. The maximum atomic E-state index is 12.5.